The Kier molecular flexibility index (Phi) is 0.932. The molecule has 0 aliphatic carbocycles. The van der Waals surface area contributed by atoms with Gasteiger partial charge in [0.25, 0.3) is 0 Å². The van der Waals surface area contributed by atoms with Crippen molar-refractivity contribution in [2.75, 3.05) is 0 Å². The number of carboxylic acids is 1. The number of carboxylic acid groups (broad SMARTS) is 1. The summed E-state index contributed by atoms with van der Waals surface area (Å²) >= 11 is 0. The van der Waals surface area contributed by atoms with E-state index >= 15 is 0 Å². The van der Waals surface area contributed by atoms with E-state index in [1.165, 1.54) is 0 Å². The Bertz CT molecular complexity index is 134. The first kappa shape index (κ1) is 5.08. The largest absolute Gasteiger partial charge is 0.548 e. The highest BCUT2D eigenvalue weighted by Crippen LogP contribution is 2.00. The predicted molar refractivity (Wildman–Crippen MR) is 21.6 cm³/mol. The summed E-state index contributed by atoms with van der Waals surface area (Å²) in [7, 11) is 0. The van der Waals surface area contributed by atoms with Crippen LogP contribution in [0, 0.1) is 0 Å². The third-order valence-electron chi connectivity index (χ3n) is 1.01. The second-order valence-corrected chi connectivity index (χ2v) is 1.64. The average Bonchev–Trinajstić information content (AvgIpc) is 1.57. The van der Waals surface area contributed by atoms with Crippen LogP contribution in [0.4, 0.5) is 0 Å². The van der Waals surface area contributed by atoms with Gasteiger partial charge in [0, 0.05) is 0 Å². The molecule has 4 nitrogen and oxygen atoms in total. The molecule has 1 N–H and O–H groups in total. The number of hydrogen-bond acceptors (Lipinski definition) is 3. The summed E-state index contributed by atoms with van der Waals surface area (Å²) in [6.45, 7) is 0. The highest BCUT2D eigenvalue weighted by Gasteiger charge is 2.25. The Morgan fingerprint density at radius 2 is 2.38 bits per heavy atom. The van der Waals surface area contributed by atoms with Crippen LogP contribution in [-0.2, 0) is 9.59 Å². The molecular weight excluding hydrogens is 110 g/mol. The minimum atomic E-state index is -1.20. The van der Waals surface area contributed by atoms with Crippen molar-refractivity contribution in [2.24, 2.45) is 0 Å². The third-order valence-corrected chi connectivity index (χ3v) is 1.01. The fraction of sp³-hybridized carbons (Fsp3) is 0.500. The molecule has 1 fully saturated rings. The zero-order valence-electron chi connectivity index (χ0n) is 4.01. The smallest absolute Gasteiger partial charge is 0.222 e. The van der Waals surface area contributed by atoms with Crippen LogP contribution in [0.25, 0.3) is 0 Å². The summed E-state index contributed by atoms with van der Waals surface area (Å²) in [6, 6.07) is -0.734. The van der Waals surface area contributed by atoms with Crippen molar-refractivity contribution in [1.29, 1.82) is 0 Å². The van der Waals surface area contributed by atoms with Gasteiger partial charge in [0.15, 0.2) is 0 Å². The molecule has 0 aromatic carbocycles. The highest BCUT2D eigenvalue weighted by molar-refractivity contribution is 5.93. The Morgan fingerprint density at radius 1 is 1.88 bits per heavy atom. The van der Waals surface area contributed by atoms with E-state index in [1.54, 1.807) is 0 Å². The lowest BCUT2D eigenvalue weighted by Gasteiger charge is -2.27. The summed E-state index contributed by atoms with van der Waals surface area (Å²) in [5.41, 5.74) is 0. The van der Waals surface area contributed by atoms with E-state index in [0.29, 0.717) is 0 Å². The van der Waals surface area contributed by atoms with Crippen LogP contribution in [-0.4, -0.2) is 17.9 Å². The molecule has 1 aliphatic rings. The number of carbonyl (C=O) groups excluding carboxylic acids is 2. The van der Waals surface area contributed by atoms with Gasteiger partial charge in [-0.15, -0.1) is 0 Å². The van der Waals surface area contributed by atoms with Crippen LogP contribution in [0.5, 0.6) is 0 Å². The summed E-state index contributed by atoms with van der Waals surface area (Å²) in [5.74, 6) is -1.43. The van der Waals surface area contributed by atoms with Crippen LogP contribution in [0.1, 0.15) is 6.42 Å². The molecule has 1 unspecified atom stereocenters. The zero-order valence-corrected chi connectivity index (χ0v) is 4.01. The van der Waals surface area contributed by atoms with Crippen molar-refractivity contribution in [1.82, 2.24) is 5.32 Å². The molecule has 8 heavy (non-hydrogen) atoms. The van der Waals surface area contributed by atoms with Gasteiger partial charge in [-0.2, -0.15) is 0 Å². The Labute approximate surface area is 45.5 Å². The summed E-state index contributed by atoms with van der Waals surface area (Å²) < 4.78 is 0. The summed E-state index contributed by atoms with van der Waals surface area (Å²) in [5, 5.41) is 11.9. The normalized spacial score (nSPS) is 26.0. The average molecular weight is 114 g/mol. The maximum Gasteiger partial charge on any atom is 0.222 e. The van der Waals surface area contributed by atoms with E-state index in [2.05, 4.69) is 5.32 Å². The van der Waals surface area contributed by atoms with E-state index < -0.39 is 12.0 Å². The van der Waals surface area contributed by atoms with Crippen molar-refractivity contribution in [2.45, 2.75) is 12.5 Å². The van der Waals surface area contributed by atoms with Gasteiger partial charge in [-0.3, -0.25) is 4.79 Å². The molecule has 0 aromatic rings. The summed E-state index contributed by atoms with van der Waals surface area (Å²) in [4.78, 5) is 19.8. The molecule has 0 bridgehead atoms. The number of amides is 1. The van der Waals surface area contributed by atoms with Gasteiger partial charge < -0.3 is 15.2 Å². The first-order valence-corrected chi connectivity index (χ1v) is 2.20. The van der Waals surface area contributed by atoms with Crippen molar-refractivity contribution < 1.29 is 14.7 Å². The van der Waals surface area contributed by atoms with E-state index in [4.69, 9.17) is 0 Å². The Hall–Kier alpha value is -1.06. The van der Waals surface area contributed by atoms with Crippen LogP contribution in [0.3, 0.4) is 0 Å². The van der Waals surface area contributed by atoms with Gasteiger partial charge in [-0.25, -0.2) is 0 Å². The fourth-order valence-electron chi connectivity index (χ4n) is 0.501. The molecule has 1 aliphatic heterocycles. The van der Waals surface area contributed by atoms with Gasteiger partial charge >= 0.3 is 0 Å². The van der Waals surface area contributed by atoms with Crippen LogP contribution < -0.4 is 10.4 Å². The van der Waals surface area contributed by atoms with E-state index in [0.717, 1.165) is 0 Å². The monoisotopic (exact) mass is 114 g/mol. The second kappa shape index (κ2) is 1.47. The van der Waals surface area contributed by atoms with Crippen molar-refractivity contribution in [3.8, 4) is 0 Å². The van der Waals surface area contributed by atoms with Crippen molar-refractivity contribution >= 4 is 11.9 Å². The van der Waals surface area contributed by atoms with Crippen molar-refractivity contribution in [3.05, 3.63) is 0 Å². The van der Waals surface area contributed by atoms with Gasteiger partial charge in [0.2, 0.25) is 5.91 Å². The zero-order chi connectivity index (χ0) is 6.15. The van der Waals surface area contributed by atoms with Crippen LogP contribution in [0.2, 0.25) is 0 Å². The molecule has 0 spiro atoms. The minimum Gasteiger partial charge on any atom is -0.548 e. The molecule has 44 valence electrons. The molecule has 1 amide bonds. The Morgan fingerprint density at radius 3 is 2.50 bits per heavy atom. The molecule has 0 radical (unpaired) electrons. The number of rotatable bonds is 1. The lowest BCUT2D eigenvalue weighted by atomic mass is 10.1. The van der Waals surface area contributed by atoms with Crippen LogP contribution in [0.15, 0.2) is 0 Å². The quantitative estimate of drug-likeness (QED) is 0.387. The molecule has 1 heterocycles. The number of hydrogen-bond donors (Lipinski definition) is 1. The number of nitrogens with one attached hydrogen (secondary N) is 1. The number of carbonyl (C=O) groups is 2. The molecular formula is C4H4NO3-. The third kappa shape index (κ3) is 0.641. The van der Waals surface area contributed by atoms with Crippen molar-refractivity contribution in [3.63, 3.8) is 0 Å². The maximum atomic E-state index is 10.0. The van der Waals surface area contributed by atoms with E-state index in [-0.39, 0.29) is 12.3 Å². The minimum absolute atomic E-state index is 0.0718. The first-order valence-electron chi connectivity index (χ1n) is 2.20. The molecule has 1 saturated heterocycles. The molecule has 1 rings (SSSR count). The van der Waals surface area contributed by atoms with Gasteiger partial charge in [-0.1, -0.05) is 0 Å². The molecule has 1 atom stereocenters. The lowest BCUT2D eigenvalue weighted by Crippen LogP contribution is -2.57. The topological polar surface area (TPSA) is 69.2 Å². The SMILES string of the molecule is O=C1CC(C(=O)[O-])N1. The fourth-order valence-corrected chi connectivity index (χ4v) is 0.501. The molecule has 0 saturated carbocycles. The predicted octanol–water partition coefficient (Wildman–Crippen LogP) is -2.38. The second-order valence-electron chi connectivity index (χ2n) is 1.64. The Balaban J connectivity index is 2.35. The maximum absolute atomic E-state index is 10.0. The number of β-lactam (4-membered cyclic amide) rings is 1. The summed E-state index contributed by atoms with van der Waals surface area (Å²) in [6.07, 6.45) is 0.0718. The van der Waals surface area contributed by atoms with E-state index in [9.17, 15) is 14.7 Å². The van der Waals surface area contributed by atoms with Gasteiger partial charge in [-0.05, 0) is 0 Å². The standard InChI is InChI=1S/C4H5NO3/c6-3-1-2(5-3)4(7)8/h2H,1H2,(H,5,6)(H,7,8)/p-1. The van der Waals surface area contributed by atoms with Crippen LogP contribution >= 0.6 is 0 Å². The molecule has 4 heteroatoms. The van der Waals surface area contributed by atoms with Gasteiger partial charge in [0.05, 0.1) is 18.4 Å². The van der Waals surface area contributed by atoms with Gasteiger partial charge in [0.1, 0.15) is 0 Å². The number of aliphatic carboxylic acids is 1. The highest BCUT2D eigenvalue weighted by atomic mass is 16.4. The molecule has 0 aromatic heterocycles. The first-order chi connectivity index (χ1) is 3.70. The van der Waals surface area contributed by atoms with E-state index in [1.807, 2.05) is 0 Å². The lowest BCUT2D eigenvalue weighted by molar-refractivity contribution is -0.309.